The van der Waals surface area contributed by atoms with E-state index >= 15 is 0 Å². The monoisotopic (exact) mass is 384 g/mol. The number of rotatable bonds is 21. The van der Waals surface area contributed by atoms with Crippen molar-refractivity contribution in [2.45, 2.75) is 135 Å². The first kappa shape index (κ1) is 25.7. The Kier molecular flexibility index (Phi) is 22.5. The van der Waals surface area contributed by atoms with E-state index in [-0.39, 0.29) is 5.24 Å². The molecule has 0 radical (unpaired) electrons. The van der Waals surface area contributed by atoms with Gasteiger partial charge in [0.1, 0.15) is 0 Å². The minimum Gasteiger partial charge on any atom is -0.281 e. The van der Waals surface area contributed by atoms with Crippen LogP contribution in [0.4, 0.5) is 0 Å². The Balaban J connectivity index is 3.05. The smallest absolute Gasteiger partial charge is 0.221 e. The lowest BCUT2D eigenvalue weighted by molar-refractivity contribution is -0.111. The van der Waals surface area contributed by atoms with Gasteiger partial charge in [0.25, 0.3) is 0 Å². The normalized spacial score (nSPS) is 11.5. The van der Waals surface area contributed by atoms with Gasteiger partial charge in [-0.1, -0.05) is 115 Å². The zero-order valence-corrected chi connectivity index (χ0v) is 18.3. The SMILES string of the molecule is CCCCCCCCCCCCCCCCCC/C=C/CCCC(=O)Cl. The fourth-order valence-electron chi connectivity index (χ4n) is 3.40. The lowest BCUT2D eigenvalue weighted by atomic mass is 10.0. The third-order valence-electron chi connectivity index (χ3n) is 5.14. The van der Waals surface area contributed by atoms with Gasteiger partial charge in [0.2, 0.25) is 5.24 Å². The predicted molar refractivity (Wildman–Crippen MR) is 118 cm³/mol. The van der Waals surface area contributed by atoms with Gasteiger partial charge in [0.05, 0.1) is 0 Å². The summed E-state index contributed by atoms with van der Waals surface area (Å²) >= 11 is 5.31. The van der Waals surface area contributed by atoms with Crippen LogP contribution < -0.4 is 0 Å². The van der Waals surface area contributed by atoms with Crippen LogP contribution in [0.15, 0.2) is 12.2 Å². The van der Waals surface area contributed by atoms with Crippen molar-refractivity contribution in [3.8, 4) is 0 Å². The number of hydrogen-bond acceptors (Lipinski definition) is 1. The van der Waals surface area contributed by atoms with E-state index in [0.717, 1.165) is 12.8 Å². The molecule has 0 heterocycles. The van der Waals surface area contributed by atoms with Crippen LogP contribution in [0, 0.1) is 0 Å². The number of unbranched alkanes of at least 4 members (excludes halogenated alkanes) is 17. The lowest BCUT2D eigenvalue weighted by Gasteiger charge is -2.03. The molecule has 0 aliphatic carbocycles. The summed E-state index contributed by atoms with van der Waals surface area (Å²) in [5.41, 5.74) is 0. The molecule has 0 aromatic carbocycles. The van der Waals surface area contributed by atoms with E-state index in [4.69, 9.17) is 11.6 Å². The molecule has 1 nitrogen and oxygen atoms in total. The Bertz CT molecular complexity index is 311. The molecule has 0 rings (SSSR count). The molecule has 0 aliphatic heterocycles. The number of allylic oxidation sites excluding steroid dienone is 2. The Hall–Kier alpha value is -0.300. The maximum atomic E-state index is 10.6. The highest BCUT2D eigenvalue weighted by Gasteiger charge is 1.95. The van der Waals surface area contributed by atoms with Crippen LogP contribution in [-0.4, -0.2) is 5.24 Å². The van der Waals surface area contributed by atoms with Gasteiger partial charge in [-0.15, -0.1) is 0 Å². The molecule has 0 saturated carbocycles. The van der Waals surface area contributed by atoms with E-state index in [1.54, 1.807) is 0 Å². The summed E-state index contributed by atoms with van der Waals surface area (Å²) < 4.78 is 0. The van der Waals surface area contributed by atoms with E-state index < -0.39 is 0 Å². The van der Waals surface area contributed by atoms with Crippen LogP contribution >= 0.6 is 11.6 Å². The van der Waals surface area contributed by atoms with Crippen molar-refractivity contribution < 1.29 is 4.79 Å². The fourth-order valence-corrected chi connectivity index (χ4v) is 3.54. The van der Waals surface area contributed by atoms with E-state index in [1.165, 1.54) is 109 Å². The van der Waals surface area contributed by atoms with Gasteiger partial charge < -0.3 is 0 Å². The van der Waals surface area contributed by atoms with Gasteiger partial charge in [0.15, 0.2) is 0 Å². The summed E-state index contributed by atoms with van der Waals surface area (Å²) in [6.07, 6.45) is 30.8. The predicted octanol–water partition coefficient (Wildman–Crippen LogP) is 9.13. The van der Waals surface area contributed by atoms with Crippen LogP contribution in [-0.2, 0) is 4.79 Å². The third-order valence-corrected chi connectivity index (χ3v) is 5.32. The molecule has 0 saturated heterocycles. The minimum atomic E-state index is -0.212. The first-order valence-electron chi connectivity index (χ1n) is 11.6. The second-order valence-corrected chi connectivity index (χ2v) is 8.23. The van der Waals surface area contributed by atoms with Gasteiger partial charge in [-0.2, -0.15) is 0 Å². The molecule has 2 heteroatoms. The quantitative estimate of drug-likeness (QED) is 0.109. The van der Waals surface area contributed by atoms with Gasteiger partial charge in [0, 0.05) is 6.42 Å². The molecule has 154 valence electrons. The Morgan fingerprint density at radius 2 is 0.923 bits per heavy atom. The number of carbonyl (C=O) groups is 1. The fraction of sp³-hybridized carbons (Fsp3) is 0.875. The van der Waals surface area contributed by atoms with Crippen LogP contribution in [0.25, 0.3) is 0 Å². The van der Waals surface area contributed by atoms with Crippen molar-refractivity contribution in [3.05, 3.63) is 12.2 Å². The lowest BCUT2D eigenvalue weighted by Crippen LogP contribution is -1.84. The van der Waals surface area contributed by atoms with Gasteiger partial charge >= 0.3 is 0 Å². The largest absolute Gasteiger partial charge is 0.281 e. The van der Waals surface area contributed by atoms with Crippen molar-refractivity contribution in [1.82, 2.24) is 0 Å². The summed E-state index contributed by atoms with van der Waals surface area (Å²) in [6, 6.07) is 0. The zero-order valence-electron chi connectivity index (χ0n) is 17.6. The molecule has 0 unspecified atom stereocenters. The molecule has 0 bridgehead atoms. The molecule has 0 aromatic heterocycles. The maximum absolute atomic E-state index is 10.6. The first-order chi connectivity index (χ1) is 12.8. The van der Waals surface area contributed by atoms with Crippen LogP contribution in [0.2, 0.25) is 0 Å². The molecule has 0 N–H and O–H groups in total. The molecule has 0 aliphatic rings. The summed E-state index contributed by atoms with van der Waals surface area (Å²) in [5, 5.41) is -0.212. The first-order valence-corrected chi connectivity index (χ1v) is 12.0. The molecular formula is C24H45ClO. The van der Waals surface area contributed by atoms with E-state index in [2.05, 4.69) is 19.1 Å². The van der Waals surface area contributed by atoms with Crippen LogP contribution in [0.5, 0.6) is 0 Å². The van der Waals surface area contributed by atoms with Crippen molar-refractivity contribution in [3.63, 3.8) is 0 Å². The van der Waals surface area contributed by atoms with Gasteiger partial charge in [-0.05, 0) is 37.3 Å². The third kappa shape index (κ3) is 23.7. The molecular weight excluding hydrogens is 340 g/mol. The number of halogens is 1. The average Bonchev–Trinajstić information content (AvgIpc) is 2.62. The number of carbonyl (C=O) groups excluding carboxylic acids is 1. The molecule has 0 amide bonds. The second kappa shape index (κ2) is 22.7. The zero-order chi connectivity index (χ0) is 19.1. The Morgan fingerprint density at radius 1 is 0.577 bits per heavy atom. The molecule has 0 aromatic rings. The summed E-state index contributed by atoms with van der Waals surface area (Å²) in [7, 11) is 0. The topological polar surface area (TPSA) is 17.1 Å². The molecule has 0 fully saturated rings. The molecule has 0 atom stereocenters. The summed E-state index contributed by atoms with van der Waals surface area (Å²) in [5.74, 6) is 0. The second-order valence-electron chi connectivity index (χ2n) is 7.81. The standard InChI is InChI=1S/C24H45ClO/c1-2-3-4-5-6-7-8-9-10-11-12-13-14-15-16-17-18-19-20-21-22-23-24(25)26/h19-20H,2-18,21-23H2,1H3/b20-19+. The van der Waals surface area contributed by atoms with Crippen molar-refractivity contribution in [2.24, 2.45) is 0 Å². The van der Waals surface area contributed by atoms with E-state index in [1.807, 2.05) is 0 Å². The number of hydrogen-bond donors (Lipinski definition) is 0. The highest BCUT2D eigenvalue weighted by Crippen LogP contribution is 2.14. The highest BCUT2D eigenvalue weighted by atomic mass is 35.5. The van der Waals surface area contributed by atoms with Crippen molar-refractivity contribution >= 4 is 16.8 Å². The van der Waals surface area contributed by atoms with Crippen LogP contribution in [0.3, 0.4) is 0 Å². The average molecular weight is 385 g/mol. The van der Waals surface area contributed by atoms with E-state index in [9.17, 15) is 4.79 Å². The minimum absolute atomic E-state index is 0.212. The van der Waals surface area contributed by atoms with E-state index in [0.29, 0.717) is 6.42 Å². The summed E-state index contributed by atoms with van der Waals surface area (Å²) in [4.78, 5) is 10.6. The Labute approximate surface area is 169 Å². The molecule has 26 heavy (non-hydrogen) atoms. The summed E-state index contributed by atoms with van der Waals surface area (Å²) in [6.45, 7) is 2.29. The van der Waals surface area contributed by atoms with Gasteiger partial charge in [-0.25, -0.2) is 0 Å². The van der Waals surface area contributed by atoms with Gasteiger partial charge in [-0.3, -0.25) is 4.79 Å². The Morgan fingerprint density at radius 3 is 1.31 bits per heavy atom. The highest BCUT2D eigenvalue weighted by molar-refractivity contribution is 6.63. The van der Waals surface area contributed by atoms with Crippen molar-refractivity contribution in [1.29, 1.82) is 0 Å². The molecule has 0 spiro atoms. The van der Waals surface area contributed by atoms with Crippen molar-refractivity contribution in [2.75, 3.05) is 0 Å². The maximum Gasteiger partial charge on any atom is 0.221 e. The van der Waals surface area contributed by atoms with Crippen LogP contribution in [0.1, 0.15) is 135 Å².